The molecule has 5 atom stereocenters. The van der Waals surface area contributed by atoms with Crippen LogP contribution in [-0.2, 0) is 4.79 Å². The Bertz CT molecular complexity index is 277. The Morgan fingerprint density at radius 1 is 1.18 bits per heavy atom. The van der Waals surface area contributed by atoms with E-state index in [1.165, 1.54) is 12.8 Å². The first-order valence-corrected chi connectivity index (χ1v) is 6.95. The molecule has 0 saturated heterocycles. The number of carboxylic acids is 1. The summed E-state index contributed by atoms with van der Waals surface area (Å²) in [4.78, 5) is 11.0. The number of aliphatic hydroxyl groups is 1. The molecule has 0 radical (unpaired) electrons. The van der Waals surface area contributed by atoms with Crippen molar-refractivity contribution >= 4 is 5.97 Å². The summed E-state index contributed by atoms with van der Waals surface area (Å²) in [5.74, 6) is 1.52. The van der Waals surface area contributed by atoms with Gasteiger partial charge in [-0.3, -0.25) is 4.79 Å². The molecule has 0 heterocycles. The van der Waals surface area contributed by atoms with Crippen LogP contribution in [0.25, 0.3) is 0 Å². The molecule has 0 bridgehead atoms. The maximum Gasteiger partial charge on any atom is 0.306 e. The number of hydrogen-bond donors (Lipinski definition) is 2. The third-order valence-electron chi connectivity index (χ3n) is 5.12. The minimum Gasteiger partial charge on any atom is -0.481 e. The summed E-state index contributed by atoms with van der Waals surface area (Å²) in [5, 5.41) is 18.3. The third kappa shape index (κ3) is 2.82. The molecule has 0 aliphatic heterocycles. The van der Waals surface area contributed by atoms with E-state index in [1.54, 1.807) is 0 Å². The fourth-order valence-corrected chi connectivity index (χ4v) is 3.84. The Balaban J connectivity index is 1.91. The first-order valence-electron chi connectivity index (χ1n) is 6.95. The van der Waals surface area contributed by atoms with Gasteiger partial charge in [-0.1, -0.05) is 6.92 Å². The third-order valence-corrected chi connectivity index (χ3v) is 5.12. The van der Waals surface area contributed by atoms with E-state index < -0.39 is 5.97 Å². The molecule has 2 fully saturated rings. The largest absolute Gasteiger partial charge is 0.481 e. The smallest absolute Gasteiger partial charge is 0.306 e. The predicted octanol–water partition coefficient (Wildman–Crippen LogP) is 2.53. The molecule has 0 aromatic heterocycles. The Hall–Kier alpha value is -0.570. The van der Waals surface area contributed by atoms with Crippen LogP contribution in [0, 0.1) is 29.6 Å². The van der Waals surface area contributed by atoms with E-state index in [4.69, 9.17) is 5.11 Å². The van der Waals surface area contributed by atoms with Crippen molar-refractivity contribution in [2.45, 2.75) is 45.4 Å². The van der Waals surface area contributed by atoms with Crippen LogP contribution in [0.5, 0.6) is 0 Å². The molecule has 5 unspecified atom stereocenters. The molecular weight excluding hydrogens is 216 g/mol. The van der Waals surface area contributed by atoms with Gasteiger partial charge in [0.15, 0.2) is 0 Å². The lowest BCUT2D eigenvalue weighted by molar-refractivity contribution is -0.144. The van der Waals surface area contributed by atoms with E-state index in [2.05, 4.69) is 0 Å². The maximum atomic E-state index is 11.0. The van der Waals surface area contributed by atoms with Crippen LogP contribution in [0.2, 0.25) is 0 Å². The predicted molar refractivity (Wildman–Crippen MR) is 65.5 cm³/mol. The standard InChI is InChI=1S/C14H24O3/c1-9(14(16)17)11-4-5-12-6-10(8-15)2-3-13(12)7-11/h9-13,15H,2-8H2,1H3,(H,16,17). The Morgan fingerprint density at radius 3 is 2.47 bits per heavy atom. The van der Waals surface area contributed by atoms with Crippen molar-refractivity contribution in [3.63, 3.8) is 0 Å². The van der Waals surface area contributed by atoms with Crippen LogP contribution in [0.1, 0.15) is 45.4 Å². The van der Waals surface area contributed by atoms with Gasteiger partial charge in [0.05, 0.1) is 5.92 Å². The number of carbonyl (C=O) groups is 1. The van der Waals surface area contributed by atoms with E-state index in [1.807, 2.05) is 6.92 Å². The highest BCUT2D eigenvalue weighted by Crippen LogP contribution is 2.46. The number of aliphatic carboxylic acids is 1. The molecular formula is C14H24O3. The normalized spacial score (nSPS) is 39.4. The van der Waals surface area contributed by atoms with Gasteiger partial charge in [0.2, 0.25) is 0 Å². The topological polar surface area (TPSA) is 57.5 Å². The van der Waals surface area contributed by atoms with Crippen LogP contribution in [-0.4, -0.2) is 22.8 Å². The Kier molecular flexibility index (Phi) is 4.08. The van der Waals surface area contributed by atoms with Crippen molar-refractivity contribution in [1.29, 1.82) is 0 Å². The van der Waals surface area contributed by atoms with E-state index in [-0.39, 0.29) is 5.92 Å². The van der Waals surface area contributed by atoms with E-state index >= 15 is 0 Å². The van der Waals surface area contributed by atoms with Crippen molar-refractivity contribution < 1.29 is 15.0 Å². The molecule has 3 nitrogen and oxygen atoms in total. The zero-order valence-electron chi connectivity index (χ0n) is 10.6. The highest BCUT2D eigenvalue weighted by molar-refractivity contribution is 5.69. The van der Waals surface area contributed by atoms with Gasteiger partial charge in [0.1, 0.15) is 0 Å². The van der Waals surface area contributed by atoms with Crippen LogP contribution in [0.3, 0.4) is 0 Å². The lowest BCUT2D eigenvalue weighted by Crippen LogP contribution is -2.35. The molecule has 2 rings (SSSR count). The molecule has 0 amide bonds. The van der Waals surface area contributed by atoms with Crippen molar-refractivity contribution in [2.75, 3.05) is 6.61 Å². The quantitative estimate of drug-likeness (QED) is 0.797. The first-order chi connectivity index (χ1) is 8.11. The van der Waals surface area contributed by atoms with Crippen LogP contribution < -0.4 is 0 Å². The summed E-state index contributed by atoms with van der Waals surface area (Å²) in [6, 6.07) is 0. The molecule has 0 spiro atoms. The highest BCUT2D eigenvalue weighted by Gasteiger charge is 2.38. The SMILES string of the molecule is CC(C(=O)O)C1CCC2CC(CO)CCC2C1. The van der Waals surface area contributed by atoms with Crippen LogP contribution >= 0.6 is 0 Å². The Labute approximate surface area is 103 Å². The average Bonchev–Trinajstić information content (AvgIpc) is 2.36. The van der Waals surface area contributed by atoms with Crippen molar-refractivity contribution in [3.8, 4) is 0 Å². The summed E-state index contributed by atoms with van der Waals surface area (Å²) in [5.41, 5.74) is 0. The highest BCUT2D eigenvalue weighted by atomic mass is 16.4. The van der Waals surface area contributed by atoms with Gasteiger partial charge in [-0.2, -0.15) is 0 Å². The van der Waals surface area contributed by atoms with Gasteiger partial charge < -0.3 is 10.2 Å². The van der Waals surface area contributed by atoms with E-state index in [9.17, 15) is 9.90 Å². The summed E-state index contributed by atoms with van der Waals surface area (Å²) in [6.45, 7) is 2.19. The van der Waals surface area contributed by atoms with E-state index in [0.717, 1.165) is 37.5 Å². The zero-order chi connectivity index (χ0) is 12.4. The Morgan fingerprint density at radius 2 is 1.82 bits per heavy atom. The lowest BCUT2D eigenvalue weighted by Gasteiger charge is -2.42. The van der Waals surface area contributed by atoms with Crippen molar-refractivity contribution in [2.24, 2.45) is 29.6 Å². The molecule has 2 N–H and O–H groups in total. The summed E-state index contributed by atoms with van der Waals surface area (Å²) < 4.78 is 0. The fraction of sp³-hybridized carbons (Fsp3) is 0.929. The molecule has 0 aromatic rings. The molecule has 3 heteroatoms. The van der Waals surface area contributed by atoms with E-state index in [0.29, 0.717) is 18.4 Å². The van der Waals surface area contributed by atoms with Crippen LogP contribution in [0.15, 0.2) is 0 Å². The molecule has 0 aromatic carbocycles. The fourth-order valence-electron chi connectivity index (χ4n) is 3.84. The van der Waals surface area contributed by atoms with Crippen molar-refractivity contribution in [3.05, 3.63) is 0 Å². The van der Waals surface area contributed by atoms with Gasteiger partial charge in [-0.05, 0) is 62.2 Å². The second-order valence-corrected chi connectivity index (χ2v) is 6.08. The molecule has 98 valence electrons. The second-order valence-electron chi connectivity index (χ2n) is 6.08. The molecule has 17 heavy (non-hydrogen) atoms. The van der Waals surface area contributed by atoms with Gasteiger partial charge >= 0.3 is 5.97 Å². The average molecular weight is 240 g/mol. The van der Waals surface area contributed by atoms with Crippen LogP contribution in [0.4, 0.5) is 0 Å². The summed E-state index contributed by atoms with van der Waals surface area (Å²) in [7, 11) is 0. The monoisotopic (exact) mass is 240 g/mol. The van der Waals surface area contributed by atoms with Gasteiger partial charge in [0, 0.05) is 6.61 Å². The first kappa shape index (κ1) is 12.9. The minimum atomic E-state index is -0.641. The molecule has 2 saturated carbocycles. The lowest BCUT2D eigenvalue weighted by atomic mass is 9.63. The van der Waals surface area contributed by atoms with Crippen molar-refractivity contribution in [1.82, 2.24) is 0 Å². The van der Waals surface area contributed by atoms with Gasteiger partial charge in [0.25, 0.3) is 0 Å². The molecule has 2 aliphatic carbocycles. The number of rotatable bonds is 3. The summed E-state index contributed by atoms with van der Waals surface area (Å²) >= 11 is 0. The zero-order valence-corrected chi connectivity index (χ0v) is 10.6. The second kappa shape index (κ2) is 5.38. The number of carboxylic acid groups (broad SMARTS) is 1. The van der Waals surface area contributed by atoms with Gasteiger partial charge in [-0.15, -0.1) is 0 Å². The number of fused-ring (bicyclic) bond motifs is 1. The minimum absolute atomic E-state index is 0.188. The summed E-state index contributed by atoms with van der Waals surface area (Å²) in [6.07, 6.45) is 6.81. The van der Waals surface area contributed by atoms with Gasteiger partial charge in [-0.25, -0.2) is 0 Å². The molecule has 2 aliphatic rings. The number of hydrogen-bond acceptors (Lipinski definition) is 2. The number of aliphatic hydroxyl groups excluding tert-OH is 1. The maximum absolute atomic E-state index is 11.0.